The highest BCUT2D eigenvalue weighted by molar-refractivity contribution is 5.87. The fraction of sp³-hybridized carbons (Fsp3) is 0.125. The first-order chi connectivity index (χ1) is 14.2. The Morgan fingerprint density at radius 3 is 2.14 bits per heavy atom. The van der Waals surface area contributed by atoms with E-state index in [2.05, 4.69) is 15.3 Å². The van der Waals surface area contributed by atoms with Crippen LogP contribution in [0.5, 0.6) is 0 Å². The number of nitrogens with zero attached hydrogens (tertiary/aromatic N) is 3. The first-order valence-electron chi connectivity index (χ1n) is 9.56. The van der Waals surface area contributed by atoms with Gasteiger partial charge in [0.15, 0.2) is 0 Å². The van der Waals surface area contributed by atoms with Gasteiger partial charge in [-0.25, -0.2) is 9.97 Å². The van der Waals surface area contributed by atoms with Crippen LogP contribution in [0.3, 0.4) is 0 Å². The van der Waals surface area contributed by atoms with Crippen LogP contribution in [0.4, 0.5) is 0 Å². The highest BCUT2D eigenvalue weighted by Crippen LogP contribution is 2.25. The highest BCUT2D eigenvalue weighted by atomic mass is 16.1. The summed E-state index contributed by atoms with van der Waals surface area (Å²) in [5.74, 6) is 1.22. The Balaban J connectivity index is 1.60. The first-order valence-corrected chi connectivity index (χ1v) is 9.56. The molecule has 0 atom stereocenters. The fourth-order valence-corrected chi connectivity index (χ4v) is 3.46. The molecule has 2 aromatic carbocycles. The molecule has 0 spiro atoms. The van der Waals surface area contributed by atoms with Gasteiger partial charge < -0.3 is 5.32 Å². The molecule has 2 heterocycles. The molecule has 0 aliphatic rings. The van der Waals surface area contributed by atoms with Crippen LogP contribution in [-0.4, -0.2) is 20.4 Å². The van der Waals surface area contributed by atoms with Gasteiger partial charge in [0.2, 0.25) is 5.91 Å². The van der Waals surface area contributed by atoms with Gasteiger partial charge in [-0.1, -0.05) is 66.7 Å². The van der Waals surface area contributed by atoms with Crippen LogP contribution in [0.2, 0.25) is 0 Å². The van der Waals surface area contributed by atoms with E-state index in [1.54, 1.807) is 12.4 Å². The summed E-state index contributed by atoms with van der Waals surface area (Å²) in [7, 11) is 0. The Hall–Kier alpha value is -3.73. The zero-order valence-electron chi connectivity index (χ0n) is 16.2. The van der Waals surface area contributed by atoms with Gasteiger partial charge in [-0.3, -0.25) is 9.36 Å². The van der Waals surface area contributed by atoms with Crippen molar-refractivity contribution in [3.8, 4) is 5.82 Å². The summed E-state index contributed by atoms with van der Waals surface area (Å²) in [6.07, 6.45) is 5.36. The van der Waals surface area contributed by atoms with Crippen LogP contribution in [0, 0.1) is 6.92 Å². The molecule has 1 N–H and O–H groups in total. The topological polar surface area (TPSA) is 59.8 Å². The molecule has 0 bridgehead atoms. The van der Waals surface area contributed by atoms with E-state index in [1.807, 2.05) is 90.5 Å². The van der Waals surface area contributed by atoms with Crippen LogP contribution >= 0.6 is 0 Å². The van der Waals surface area contributed by atoms with E-state index >= 15 is 0 Å². The zero-order valence-corrected chi connectivity index (χ0v) is 16.2. The fourth-order valence-electron chi connectivity index (χ4n) is 3.46. The first kappa shape index (κ1) is 18.6. The lowest BCUT2D eigenvalue weighted by atomic mass is 9.90. The lowest BCUT2D eigenvalue weighted by Gasteiger charge is -2.18. The van der Waals surface area contributed by atoms with Gasteiger partial charge in [-0.15, -0.1) is 0 Å². The van der Waals surface area contributed by atoms with Crippen LogP contribution in [0.1, 0.15) is 28.4 Å². The number of nitrogens with one attached hydrogen (secondary N) is 1. The van der Waals surface area contributed by atoms with Gasteiger partial charge in [-0.2, -0.15) is 0 Å². The predicted molar refractivity (Wildman–Crippen MR) is 113 cm³/mol. The van der Waals surface area contributed by atoms with E-state index in [0.29, 0.717) is 6.54 Å². The van der Waals surface area contributed by atoms with Crippen molar-refractivity contribution in [2.24, 2.45) is 0 Å². The van der Waals surface area contributed by atoms with Crippen molar-refractivity contribution in [1.29, 1.82) is 0 Å². The number of hydrogen-bond donors (Lipinski definition) is 1. The summed E-state index contributed by atoms with van der Waals surface area (Å²) < 4.78 is 1.92. The summed E-state index contributed by atoms with van der Waals surface area (Å²) in [6.45, 7) is 2.31. The van der Waals surface area contributed by atoms with E-state index in [0.717, 1.165) is 28.3 Å². The average molecular weight is 382 g/mol. The number of aryl methyl sites for hydroxylation is 1. The molecule has 144 valence electrons. The molecule has 0 unspecified atom stereocenters. The molecule has 5 nitrogen and oxygen atoms in total. The number of rotatable bonds is 6. The minimum Gasteiger partial charge on any atom is -0.351 e. The molecule has 1 amide bonds. The molecule has 4 rings (SSSR count). The van der Waals surface area contributed by atoms with E-state index in [1.165, 1.54) is 0 Å². The number of pyridine rings is 1. The molecule has 5 heteroatoms. The van der Waals surface area contributed by atoms with Crippen molar-refractivity contribution >= 4 is 5.91 Å². The quantitative estimate of drug-likeness (QED) is 0.548. The lowest BCUT2D eigenvalue weighted by molar-refractivity contribution is -0.121. The van der Waals surface area contributed by atoms with Gasteiger partial charge >= 0.3 is 0 Å². The summed E-state index contributed by atoms with van der Waals surface area (Å²) in [5, 5.41) is 3.11. The number of imidazole rings is 1. The monoisotopic (exact) mass is 382 g/mol. The van der Waals surface area contributed by atoms with Crippen molar-refractivity contribution in [2.75, 3.05) is 0 Å². The highest BCUT2D eigenvalue weighted by Gasteiger charge is 2.22. The molecular weight excluding hydrogens is 360 g/mol. The lowest BCUT2D eigenvalue weighted by Crippen LogP contribution is -2.30. The predicted octanol–water partition coefficient (Wildman–Crippen LogP) is 4.02. The summed E-state index contributed by atoms with van der Waals surface area (Å²) in [6, 6.07) is 23.5. The van der Waals surface area contributed by atoms with E-state index < -0.39 is 0 Å². The smallest absolute Gasteiger partial charge is 0.232 e. The SMILES string of the molecule is Cc1nccn1-c1ncccc1CNC(=O)C(c1ccccc1)c1ccccc1. The minimum absolute atomic E-state index is 0.0421. The number of carbonyl (C=O) groups is 1. The second kappa shape index (κ2) is 8.52. The van der Waals surface area contributed by atoms with E-state index in [4.69, 9.17) is 0 Å². The number of benzene rings is 2. The minimum atomic E-state index is -0.368. The largest absolute Gasteiger partial charge is 0.351 e. The molecule has 0 saturated carbocycles. The standard InChI is InChI=1S/C24H22N4O/c1-18-25-15-16-28(18)23-21(13-8-14-26-23)17-27-24(29)22(19-9-4-2-5-10-19)20-11-6-3-7-12-20/h2-16,22H,17H2,1H3,(H,27,29). The van der Waals surface area contributed by atoms with E-state index in [-0.39, 0.29) is 11.8 Å². The summed E-state index contributed by atoms with van der Waals surface area (Å²) in [5.41, 5.74) is 2.86. The van der Waals surface area contributed by atoms with Crippen LogP contribution < -0.4 is 5.32 Å². The summed E-state index contributed by atoms with van der Waals surface area (Å²) in [4.78, 5) is 22.0. The average Bonchev–Trinajstić information content (AvgIpc) is 3.20. The summed E-state index contributed by atoms with van der Waals surface area (Å²) >= 11 is 0. The van der Waals surface area contributed by atoms with Gasteiger partial charge in [0.05, 0.1) is 5.92 Å². The van der Waals surface area contributed by atoms with Crippen molar-refractivity contribution in [3.05, 3.63) is 114 Å². The Bertz CT molecular complexity index is 1050. The van der Waals surface area contributed by atoms with Crippen LogP contribution in [-0.2, 0) is 11.3 Å². The number of carbonyl (C=O) groups excluding carboxylic acids is 1. The Morgan fingerprint density at radius 2 is 1.55 bits per heavy atom. The van der Waals surface area contributed by atoms with Gasteiger partial charge in [0, 0.05) is 30.7 Å². The van der Waals surface area contributed by atoms with Crippen molar-refractivity contribution in [2.45, 2.75) is 19.4 Å². The molecule has 29 heavy (non-hydrogen) atoms. The third kappa shape index (κ3) is 4.09. The Labute approximate surface area is 170 Å². The molecule has 0 aliphatic heterocycles. The van der Waals surface area contributed by atoms with Crippen molar-refractivity contribution in [3.63, 3.8) is 0 Å². The second-order valence-corrected chi connectivity index (χ2v) is 6.80. The van der Waals surface area contributed by atoms with Crippen molar-refractivity contribution < 1.29 is 4.79 Å². The number of aromatic nitrogens is 3. The molecule has 4 aromatic rings. The molecule has 0 fully saturated rings. The van der Waals surface area contributed by atoms with Crippen molar-refractivity contribution in [1.82, 2.24) is 19.9 Å². The number of hydrogen-bond acceptors (Lipinski definition) is 3. The number of amides is 1. The molecule has 2 aromatic heterocycles. The molecule has 0 aliphatic carbocycles. The maximum atomic E-state index is 13.2. The van der Waals surface area contributed by atoms with Crippen LogP contribution in [0.25, 0.3) is 5.82 Å². The normalized spacial score (nSPS) is 10.8. The third-order valence-electron chi connectivity index (χ3n) is 4.90. The van der Waals surface area contributed by atoms with Gasteiger partial charge in [0.1, 0.15) is 11.6 Å². The van der Waals surface area contributed by atoms with E-state index in [9.17, 15) is 4.79 Å². The third-order valence-corrected chi connectivity index (χ3v) is 4.90. The van der Waals surface area contributed by atoms with Gasteiger partial charge in [0.25, 0.3) is 0 Å². The maximum absolute atomic E-state index is 13.2. The molecule has 0 saturated heterocycles. The maximum Gasteiger partial charge on any atom is 0.232 e. The molecular formula is C24H22N4O. The van der Waals surface area contributed by atoms with Crippen LogP contribution in [0.15, 0.2) is 91.4 Å². The Kier molecular flexibility index (Phi) is 5.47. The van der Waals surface area contributed by atoms with Gasteiger partial charge in [-0.05, 0) is 24.1 Å². The second-order valence-electron chi connectivity index (χ2n) is 6.80. The molecule has 0 radical (unpaired) electrons. The Morgan fingerprint density at radius 1 is 0.897 bits per heavy atom. The zero-order chi connectivity index (χ0) is 20.1.